The van der Waals surface area contributed by atoms with Crippen molar-refractivity contribution in [2.24, 2.45) is 0 Å². The van der Waals surface area contributed by atoms with Crippen molar-refractivity contribution in [2.75, 3.05) is 11.9 Å². The van der Waals surface area contributed by atoms with Crippen LogP contribution < -0.4 is 10.1 Å². The largest absolute Gasteiger partial charge is 0.468 e. The van der Waals surface area contributed by atoms with Crippen molar-refractivity contribution < 1.29 is 19.1 Å². The van der Waals surface area contributed by atoms with E-state index in [2.05, 4.69) is 15.4 Å². The van der Waals surface area contributed by atoms with E-state index in [1.807, 2.05) is 0 Å². The third-order valence-electron chi connectivity index (χ3n) is 3.54. The zero-order chi connectivity index (χ0) is 20.8. The van der Waals surface area contributed by atoms with E-state index in [0.29, 0.717) is 33.2 Å². The average Bonchev–Trinajstić information content (AvgIpc) is 3.31. The molecule has 0 fully saturated rings. The summed E-state index contributed by atoms with van der Waals surface area (Å²) in [5.41, 5.74) is 0.709. The Morgan fingerprint density at radius 1 is 1.24 bits per heavy atom. The third kappa shape index (κ3) is 5.69. The van der Waals surface area contributed by atoms with Gasteiger partial charge in [0.1, 0.15) is 0 Å². The summed E-state index contributed by atoms with van der Waals surface area (Å²) in [6.45, 7) is 2.07. The second-order valence-corrected chi connectivity index (χ2v) is 7.32. The fourth-order valence-electron chi connectivity index (χ4n) is 2.27. The van der Waals surface area contributed by atoms with Crippen molar-refractivity contribution in [3.8, 4) is 5.75 Å². The third-order valence-corrected chi connectivity index (χ3v) is 4.94. The number of halogens is 2. The Hall–Kier alpha value is -2.62. The summed E-state index contributed by atoms with van der Waals surface area (Å²) in [5, 5.41) is 9.61. The van der Waals surface area contributed by atoms with Gasteiger partial charge in [-0.3, -0.25) is 14.9 Å². The van der Waals surface area contributed by atoms with Gasteiger partial charge >= 0.3 is 5.97 Å². The van der Waals surface area contributed by atoms with E-state index < -0.39 is 5.91 Å². The van der Waals surface area contributed by atoms with Gasteiger partial charge in [0.05, 0.1) is 28.8 Å². The number of nitrogens with one attached hydrogen (secondary N) is 1. The lowest BCUT2D eigenvalue weighted by molar-refractivity contribution is -0.142. The molecule has 2 aromatic heterocycles. The van der Waals surface area contributed by atoms with E-state index in [1.165, 1.54) is 16.0 Å². The second kappa shape index (κ2) is 9.73. The molecule has 1 N–H and O–H groups in total. The van der Waals surface area contributed by atoms with Gasteiger partial charge in [0.15, 0.2) is 23.3 Å². The van der Waals surface area contributed by atoms with Crippen LogP contribution in [-0.4, -0.2) is 33.2 Å². The van der Waals surface area contributed by atoms with Crippen LogP contribution in [0, 0.1) is 0 Å². The van der Waals surface area contributed by atoms with Gasteiger partial charge < -0.3 is 9.47 Å². The molecule has 3 aromatic rings. The lowest BCUT2D eigenvalue weighted by Crippen LogP contribution is -2.14. The van der Waals surface area contributed by atoms with Gasteiger partial charge in [-0.05, 0) is 25.1 Å². The molecule has 0 bridgehead atoms. The van der Waals surface area contributed by atoms with Gasteiger partial charge in [-0.1, -0.05) is 29.3 Å². The number of hydrogen-bond donors (Lipinski definition) is 1. The molecule has 0 radical (unpaired) electrons. The topological polar surface area (TPSA) is 95.3 Å². The SMILES string of the molecule is CCOC(=O)Cc1csc(NC(=O)c2ccn(COc3c(Cl)cccc3Cl)n2)n1. The number of anilines is 1. The number of esters is 1. The molecule has 0 aliphatic carbocycles. The van der Waals surface area contributed by atoms with Crippen LogP contribution in [0.5, 0.6) is 5.75 Å². The van der Waals surface area contributed by atoms with Gasteiger partial charge in [-0.2, -0.15) is 5.10 Å². The van der Waals surface area contributed by atoms with Gasteiger partial charge in [0.2, 0.25) is 0 Å². The first-order valence-electron chi connectivity index (χ1n) is 8.48. The molecule has 152 valence electrons. The molecule has 0 spiro atoms. The highest BCUT2D eigenvalue weighted by Crippen LogP contribution is 2.32. The van der Waals surface area contributed by atoms with Crippen molar-refractivity contribution in [3.63, 3.8) is 0 Å². The minimum atomic E-state index is -0.434. The normalized spacial score (nSPS) is 10.6. The fourth-order valence-corrected chi connectivity index (χ4v) is 3.48. The predicted octanol–water partition coefficient (Wildman–Crippen LogP) is 4.04. The highest BCUT2D eigenvalue weighted by atomic mass is 35.5. The van der Waals surface area contributed by atoms with E-state index in [1.54, 1.807) is 42.8 Å². The van der Waals surface area contributed by atoms with Crippen LogP contribution in [0.25, 0.3) is 0 Å². The van der Waals surface area contributed by atoms with Crippen molar-refractivity contribution in [2.45, 2.75) is 20.1 Å². The van der Waals surface area contributed by atoms with Gasteiger partial charge in [-0.15, -0.1) is 11.3 Å². The smallest absolute Gasteiger partial charge is 0.311 e. The van der Waals surface area contributed by atoms with Crippen molar-refractivity contribution in [1.82, 2.24) is 14.8 Å². The average molecular weight is 455 g/mol. The Kier molecular flexibility index (Phi) is 7.08. The maximum atomic E-state index is 12.3. The molecular formula is C18H16Cl2N4O4S. The molecule has 0 saturated heterocycles. The minimum Gasteiger partial charge on any atom is -0.468 e. The van der Waals surface area contributed by atoms with E-state index in [4.69, 9.17) is 32.7 Å². The van der Waals surface area contributed by atoms with Crippen LogP contribution in [-0.2, 0) is 22.7 Å². The number of carbonyl (C=O) groups excluding carboxylic acids is 2. The molecule has 2 heterocycles. The highest BCUT2D eigenvalue weighted by Gasteiger charge is 2.14. The van der Waals surface area contributed by atoms with Crippen molar-refractivity contribution in [1.29, 1.82) is 0 Å². The number of thiazole rings is 1. The Balaban J connectivity index is 1.57. The number of aromatic nitrogens is 3. The van der Waals surface area contributed by atoms with E-state index >= 15 is 0 Å². The summed E-state index contributed by atoms with van der Waals surface area (Å²) in [4.78, 5) is 28.0. The zero-order valence-corrected chi connectivity index (χ0v) is 17.6. The first kappa shape index (κ1) is 21.1. The van der Waals surface area contributed by atoms with Crippen LogP contribution >= 0.6 is 34.5 Å². The lowest BCUT2D eigenvalue weighted by Gasteiger charge is -2.09. The maximum Gasteiger partial charge on any atom is 0.311 e. The Bertz CT molecular complexity index is 1000. The fraction of sp³-hybridized carbons (Fsp3) is 0.222. The Labute approximate surface area is 180 Å². The number of benzene rings is 1. The molecule has 11 heteroatoms. The standard InChI is InChI=1S/C18H16Cl2N4O4S/c1-2-27-15(25)8-11-9-29-18(21-11)22-17(26)14-6-7-24(23-14)10-28-16-12(19)4-3-5-13(16)20/h3-7,9H,2,8,10H2,1H3,(H,21,22,26). The van der Waals surface area contributed by atoms with Crippen molar-refractivity contribution >= 4 is 51.5 Å². The van der Waals surface area contributed by atoms with Crippen molar-refractivity contribution in [3.05, 3.63) is 57.3 Å². The molecule has 0 atom stereocenters. The number of carbonyl (C=O) groups is 2. The summed E-state index contributed by atoms with van der Waals surface area (Å²) in [5.74, 6) is -0.459. The van der Waals surface area contributed by atoms with E-state index in [9.17, 15) is 9.59 Å². The highest BCUT2D eigenvalue weighted by molar-refractivity contribution is 7.14. The number of amides is 1. The number of rotatable bonds is 8. The minimum absolute atomic E-state index is 0.0255. The first-order valence-corrected chi connectivity index (χ1v) is 10.1. The molecule has 0 aliphatic rings. The predicted molar refractivity (Wildman–Crippen MR) is 110 cm³/mol. The van der Waals surface area contributed by atoms with Crippen LogP contribution in [0.3, 0.4) is 0 Å². The van der Waals surface area contributed by atoms with E-state index in [0.717, 1.165) is 0 Å². The Morgan fingerprint density at radius 2 is 2.00 bits per heavy atom. The zero-order valence-electron chi connectivity index (χ0n) is 15.2. The molecule has 0 unspecified atom stereocenters. The quantitative estimate of drug-likeness (QED) is 0.515. The monoisotopic (exact) mass is 454 g/mol. The van der Waals surface area contributed by atoms with Crippen LogP contribution in [0.2, 0.25) is 10.0 Å². The molecular weight excluding hydrogens is 439 g/mol. The Morgan fingerprint density at radius 3 is 2.72 bits per heavy atom. The van der Waals surface area contributed by atoms with Crippen LogP contribution in [0.4, 0.5) is 5.13 Å². The molecule has 3 rings (SSSR count). The van der Waals surface area contributed by atoms with Crippen LogP contribution in [0.1, 0.15) is 23.1 Å². The molecule has 0 aliphatic heterocycles. The molecule has 1 aromatic carbocycles. The molecule has 1 amide bonds. The summed E-state index contributed by atoms with van der Waals surface area (Å²) in [6.07, 6.45) is 1.64. The van der Waals surface area contributed by atoms with Gasteiger partial charge in [0, 0.05) is 11.6 Å². The summed E-state index contributed by atoms with van der Waals surface area (Å²) in [6, 6.07) is 6.58. The summed E-state index contributed by atoms with van der Waals surface area (Å²) in [7, 11) is 0. The summed E-state index contributed by atoms with van der Waals surface area (Å²) < 4.78 is 11.9. The number of hydrogen-bond acceptors (Lipinski definition) is 7. The van der Waals surface area contributed by atoms with Gasteiger partial charge in [0.25, 0.3) is 5.91 Å². The second-order valence-electron chi connectivity index (χ2n) is 5.64. The van der Waals surface area contributed by atoms with Crippen LogP contribution in [0.15, 0.2) is 35.8 Å². The molecule has 0 saturated carbocycles. The number of ether oxygens (including phenoxy) is 2. The number of nitrogens with zero attached hydrogens (tertiary/aromatic N) is 3. The lowest BCUT2D eigenvalue weighted by atomic mass is 10.3. The van der Waals surface area contributed by atoms with Gasteiger partial charge in [-0.25, -0.2) is 9.67 Å². The molecule has 8 nitrogen and oxygen atoms in total. The maximum absolute atomic E-state index is 12.3. The number of para-hydroxylation sites is 1. The summed E-state index contributed by atoms with van der Waals surface area (Å²) >= 11 is 13.3. The van der Waals surface area contributed by atoms with E-state index in [-0.39, 0.29) is 24.8 Å². The molecule has 29 heavy (non-hydrogen) atoms. The first-order chi connectivity index (χ1) is 14.0.